The number of nitriles is 1. The molecule has 3 N–H and O–H groups in total. The van der Waals surface area contributed by atoms with Crippen LogP contribution in [0, 0.1) is 21.4 Å². The number of nitro groups is 1. The molecule has 19 heavy (non-hydrogen) atoms. The van der Waals surface area contributed by atoms with E-state index in [1.54, 1.807) is 5.32 Å². The van der Waals surface area contributed by atoms with Crippen LogP contribution in [0.2, 0.25) is 0 Å². The second kappa shape index (κ2) is 5.50. The summed E-state index contributed by atoms with van der Waals surface area (Å²) in [5, 5.41) is 39.8. The molecule has 0 heterocycles. The lowest BCUT2D eigenvalue weighted by molar-refractivity contribution is -0.386. The Morgan fingerprint density at radius 2 is 2.32 bits per heavy atom. The third kappa shape index (κ3) is 2.98. The van der Waals surface area contributed by atoms with E-state index in [1.807, 2.05) is 0 Å². The number of benzene rings is 1. The predicted molar refractivity (Wildman–Crippen MR) is 64.1 cm³/mol. The number of nitrogens with zero attached hydrogens (tertiary/aromatic N) is 2. The van der Waals surface area contributed by atoms with Crippen molar-refractivity contribution in [1.82, 2.24) is 5.32 Å². The lowest BCUT2D eigenvalue weighted by Crippen LogP contribution is -2.19. The number of phenols is 2. The third-order valence-electron chi connectivity index (χ3n) is 2.08. The van der Waals surface area contributed by atoms with E-state index in [2.05, 4.69) is 0 Å². The van der Waals surface area contributed by atoms with Gasteiger partial charge in [-0.05, 0) is 17.7 Å². The van der Waals surface area contributed by atoms with Crippen LogP contribution in [0.3, 0.4) is 0 Å². The van der Waals surface area contributed by atoms with Gasteiger partial charge in [-0.15, -0.1) is 0 Å². The molecule has 1 rings (SSSR count). The van der Waals surface area contributed by atoms with E-state index in [0.717, 1.165) is 18.2 Å². The summed E-state index contributed by atoms with van der Waals surface area (Å²) in [5.74, 6) is -3.00. The van der Waals surface area contributed by atoms with Crippen molar-refractivity contribution in [1.29, 1.82) is 5.26 Å². The lowest BCUT2D eigenvalue weighted by Gasteiger charge is -2.02. The molecule has 98 valence electrons. The number of phenolic OH excluding ortho intramolecular Hbond substituents is 2. The van der Waals surface area contributed by atoms with E-state index in [4.69, 9.17) is 9.37 Å². The maximum atomic E-state index is 11.6. The maximum Gasteiger partial charge on any atom is 0.315 e. The molecule has 1 aromatic rings. The Bertz CT molecular complexity index is 706. The van der Waals surface area contributed by atoms with Crippen LogP contribution in [-0.4, -0.2) is 28.0 Å². The minimum atomic E-state index is -2.81. The van der Waals surface area contributed by atoms with Crippen molar-refractivity contribution < 1.29 is 24.0 Å². The zero-order valence-electron chi connectivity index (χ0n) is 12.2. The van der Waals surface area contributed by atoms with Crippen molar-refractivity contribution in [2.24, 2.45) is 0 Å². The molecule has 0 aromatic heterocycles. The largest absolute Gasteiger partial charge is 0.504 e. The highest BCUT2D eigenvalue weighted by atomic mass is 16.6. The van der Waals surface area contributed by atoms with Crippen LogP contribution in [0.25, 0.3) is 6.08 Å². The summed E-state index contributed by atoms with van der Waals surface area (Å²) in [6.07, 6.45) is 0.841. The Hall–Kier alpha value is -3.08. The molecule has 0 radical (unpaired) electrons. The summed E-state index contributed by atoms with van der Waals surface area (Å²) in [6.45, 7) is -2.81. The van der Waals surface area contributed by atoms with Gasteiger partial charge in [0.1, 0.15) is 11.6 Å². The van der Waals surface area contributed by atoms with Crippen LogP contribution in [0.4, 0.5) is 5.69 Å². The van der Waals surface area contributed by atoms with Gasteiger partial charge in [-0.2, -0.15) is 5.26 Å². The van der Waals surface area contributed by atoms with Gasteiger partial charge in [0.05, 0.1) is 4.92 Å². The number of carbonyl (C=O) groups excluding carboxylic acids is 1. The highest BCUT2D eigenvalue weighted by Crippen LogP contribution is 2.36. The molecule has 0 fully saturated rings. The number of rotatable bonds is 3. The van der Waals surface area contributed by atoms with Crippen molar-refractivity contribution in [2.45, 2.75) is 0 Å². The summed E-state index contributed by atoms with van der Waals surface area (Å²) in [6, 6.07) is 3.13. The van der Waals surface area contributed by atoms with E-state index < -0.39 is 40.6 Å². The molecule has 0 saturated heterocycles. The van der Waals surface area contributed by atoms with Gasteiger partial charge >= 0.3 is 5.69 Å². The summed E-state index contributed by atoms with van der Waals surface area (Å²) in [5.41, 5.74) is -1.62. The standard InChI is InChI=1S/C11H9N3O5/c1-13-11(17)7(5-12)2-6-3-8(14(18)19)10(16)9(15)4-6/h2-4,15-16H,1H3,(H,13,17)/b7-2+/i1D3. The molecule has 0 aliphatic carbocycles. The Labute approximate surface area is 111 Å². The van der Waals surface area contributed by atoms with Gasteiger partial charge in [0.15, 0.2) is 5.75 Å². The van der Waals surface area contributed by atoms with Gasteiger partial charge in [-0.1, -0.05) is 0 Å². The van der Waals surface area contributed by atoms with Gasteiger partial charge in [-0.3, -0.25) is 14.9 Å². The molecule has 0 aliphatic rings. The molecule has 0 spiro atoms. The first-order valence-corrected chi connectivity index (χ1v) is 4.70. The van der Waals surface area contributed by atoms with Crippen LogP contribution in [-0.2, 0) is 4.79 Å². The number of amides is 1. The lowest BCUT2D eigenvalue weighted by atomic mass is 10.1. The Kier molecular flexibility index (Phi) is 2.87. The molecule has 8 nitrogen and oxygen atoms in total. The van der Waals surface area contributed by atoms with E-state index >= 15 is 0 Å². The van der Waals surface area contributed by atoms with Crippen LogP contribution in [0.1, 0.15) is 9.68 Å². The van der Waals surface area contributed by atoms with E-state index in [1.165, 1.54) is 6.07 Å². The molecular formula is C11H9N3O5. The van der Waals surface area contributed by atoms with Crippen LogP contribution in [0.5, 0.6) is 11.5 Å². The molecule has 0 saturated carbocycles. The first-order chi connectivity index (χ1) is 10.0. The number of nitrogens with one attached hydrogen (secondary N) is 1. The average Bonchev–Trinajstić information content (AvgIpc) is 2.37. The van der Waals surface area contributed by atoms with Crippen molar-refractivity contribution in [2.75, 3.05) is 6.98 Å². The van der Waals surface area contributed by atoms with E-state index in [0.29, 0.717) is 0 Å². The normalized spacial score (nSPS) is 13.6. The van der Waals surface area contributed by atoms with E-state index in [-0.39, 0.29) is 5.56 Å². The molecule has 0 bridgehead atoms. The first kappa shape index (κ1) is 9.90. The average molecular weight is 266 g/mol. The SMILES string of the molecule is [2H]C([2H])([2H])NC(=O)/C(C#N)=C/c1cc(O)c(O)c([N+](=O)[O-])c1. The number of hydrogen-bond donors (Lipinski definition) is 3. The smallest absolute Gasteiger partial charge is 0.315 e. The molecule has 0 aliphatic heterocycles. The minimum absolute atomic E-state index is 0.140. The van der Waals surface area contributed by atoms with Crippen molar-refractivity contribution in [3.8, 4) is 17.6 Å². The van der Waals surface area contributed by atoms with Gasteiger partial charge in [0, 0.05) is 17.2 Å². The molecule has 0 atom stereocenters. The van der Waals surface area contributed by atoms with Crippen molar-refractivity contribution >= 4 is 17.7 Å². The molecule has 0 unspecified atom stereocenters. The van der Waals surface area contributed by atoms with Crippen molar-refractivity contribution in [3.05, 3.63) is 33.4 Å². The summed E-state index contributed by atoms with van der Waals surface area (Å²) < 4.78 is 20.6. The molecular weight excluding hydrogens is 254 g/mol. The fourth-order valence-electron chi connectivity index (χ4n) is 1.23. The Morgan fingerprint density at radius 1 is 1.63 bits per heavy atom. The summed E-state index contributed by atoms with van der Waals surface area (Å²) in [7, 11) is 0. The molecule has 1 amide bonds. The minimum Gasteiger partial charge on any atom is -0.504 e. The van der Waals surface area contributed by atoms with Gasteiger partial charge in [0.25, 0.3) is 5.91 Å². The van der Waals surface area contributed by atoms with Crippen LogP contribution >= 0.6 is 0 Å². The van der Waals surface area contributed by atoms with Gasteiger partial charge < -0.3 is 15.5 Å². The monoisotopic (exact) mass is 266 g/mol. The fraction of sp³-hybridized carbons (Fsp3) is 0.0909. The maximum absolute atomic E-state index is 11.6. The Balaban J connectivity index is 3.28. The number of aromatic hydroxyl groups is 2. The van der Waals surface area contributed by atoms with Crippen molar-refractivity contribution in [3.63, 3.8) is 0 Å². The second-order valence-electron chi connectivity index (χ2n) is 3.29. The van der Waals surface area contributed by atoms with Crippen LogP contribution in [0.15, 0.2) is 17.7 Å². The number of carbonyl (C=O) groups is 1. The number of nitro benzene ring substituents is 1. The zero-order chi connectivity index (χ0) is 17.1. The third-order valence-corrected chi connectivity index (χ3v) is 2.08. The number of likely N-dealkylation sites (N-methyl/N-ethyl adjacent to an activating group) is 1. The molecule has 8 heteroatoms. The summed E-state index contributed by atoms with van der Waals surface area (Å²) in [4.78, 5) is 21.3. The quantitative estimate of drug-likeness (QED) is 0.241. The number of hydrogen-bond acceptors (Lipinski definition) is 6. The van der Waals surface area contributed by atoms with Crippen LogP contribution < -0.4 is 5.32 Å². The topological polar surface area (TPSA) is 136 Å². The summed E-state index contributed by atoms with van der Waals surface area (Å²) >= 11 is 0. The van der Waals surface area contributed by atoms with E-state index in [9.17, 15) is 25.1 Å². The van der Waals surface area contributed by atoms with Gasteiger partial charge in [-0.25, -0.2) is 0 Å². The second-order valence-corrected chi connectivity index (χ2v) is 3.29. The Morgan fingerprint density at radius 3 is 2.84 bits per heavy atom. The highest BCUT2D eigenvalue weighted by molar-refractivity contribution is 6.01. The first-order valence-electron chi connectivity index (χ1n) is 6.20. The fourth-order valence-corrected chi connectivity index (χ4v) is 1.23. The highest BCUT2D eigenvalue weighted by Gasteiger charge is 2.19. The van der Waals surface area contributed by atoms with Gasteiger partial charge in [0.2, 0.25) is 5.75 Å². The zero-order valence-corrected chi connectivity index (χ0v) is 9.25. The predicted octanol–water partition coefficient (Wildman–Crippen LogP) is 0.659. The molecule has 1 aromatic carbocycles.